The summed E-state index contributed by atoms with van der Waals surface area (Å²) in [6.45, 7) is 4.65. The Kier molecular flexibility index (Phi) is 1.35. The van der Waals surface area contributed by atoms with Crippen LogP contribution in [-0.4, -0.2) is 9.78 Å². The number of hydrogen-bond donors (Lipinski definition) is 2. The van der Waals surface area contributed by atoms with Gasteiger partial charge in [-0.1, -0.05) is 0 Å². The molecule has 2 rings (SSSR count). The van der Waals surface area contributed by atoms with Gasteiger partial charge in [-0.15, -0.1) is 0 Å². The van der Waals surface area contributed by atoms with Crippen LogP contribution in [0.1, 0.15) is 18.2 Å². The standard InChI is InChI=1S/C7H12N4/c1-2-11-7(8)5-3-9-4-6(5)10-11/h9H,2-4,8H2,1H3. The molecule has 0 atom stereocenters. The summed E-state index contributed by atoms with van der Waals surface area (Å²) in [5, 5.41) is 7.54. The maximum atomic E-state index is 5.83. The van der Waals surface area contributed by atoms with Gasteiger partial charge in [0.1, 0.15) is 5.82 Å². The molecule has 1 aromatic rings. The number of nitrogens with two attached hydrogens (primary N) is 1. The van der Waals surface area contributed by atoms with Gasteiger partial charge in [-0.3, -0.25) is 0 Å². The number of hydrogen-bond acceptors (Lipinski definition) is 3. The van der Waals surface area contributed by atoms with E-state index in [1.807, 2.05) is 11.6 Å². The van der Waals surface area contributed by atoms with Crippen molar-refractivity contribution in [3.8, 4) is 0 Å². The Bertz CT molecular complexity index is 275. The molecule has 0 bridgehead atoms. The van der Waals surface area contributed by atoms with Gasteiger partial charge in [-0.05, 0) is 6.92 Å². The summed E-state index contributed by atoms with van der Waals surface area (Å²) in [4.78, 5) is 0. The quantitative estimate of drug-likeness (QED) is 0.599. The van der Waals surface area contributed by atoms with Gasteiger partial charge in [0.15, 0.2) is 0 Å². The average molecular weight is 152 g/mol. The smallest absolute Gasteiger partial charge is 0.126 e. The van der Waals surface area contributed by atoms with E-state index in [2.05, 4.69) is 10.4 Å². The molecule has 60 valence electrons. The Morgan fingerprint density at radius 1 is 1.64 bits per heavy atom. The van der Waals surface area contributed by atoms with Crippen molar-refractivity contribution >= 4 is 5.82 Å². The van der Waals surface area contributed by atoms with Crippen LogP contribution < -0.4 is 11.1 Å². The fourth-order valence-electron chi connectivity index (χ4n) is 1.45. The number of rotatable bonds is 1. The van der Waals surface area contributed by atoms with Crippen LogP contribution >= 0.6 is 0 Å². The highest BCUT2D eigenvalue weighted by Gasteiger charge is 2.18. The van der Waals surface area contributed by atoms with E-state index < -0.39 is 0 Å². The van der Waals surface area contributed by atoms with Crippen LogP contribution in [0.3, 0.4) is 0 Å². The van der Waals surface area contributed by atoms with Crippen molar-refractivity contribution < 1.29 is 0 Å². The van der Waals surface area contributed by atoms with Crippen LogP contribution in [0, 0.1) is 0 Å². The molecule has 0 radical (unpaired) electrons. The van der Waals surface area contributed by atoms with Crippen molar-refractivity contribution in [2.45, 2.75) is 26.6 Å². The maximum Gasteiger partial charge on any atom is 0.126 e. The number of fused-ring (bicyclic) bond motifs is 1. The Hall–Kier alpha value is -1.03. The molecule has 0 unspecified atom stereocenters. The molecule has 1 aromatic heterocycles. The first kappa shape index (κ1) is 6.67. The topological polar surface area (TPSA) is 55.9 Å². The third-order valence-electron chi connectivity index (χ3n) is 2.07. The summed E-state index contributed by atoms with van der Waals surface area (Å²) in [6, 6.07) is 0. The molecule has 0 saturated heterocycles. The lowest BCUT2D eigenvalue weighted by Gasteiger charge is -1.99. The van der Waals surface area contributed by atoms with E-state index in [4.69, 9.17) is 5.73 Å². The van der Waals surface area contributed by atoms with E-state index in [0.717, 1.165) is 31.1 Å². The number of aryl methyl sites for hydroxylation is 1. The summed E-state index contributed by atoms with van der Waals surface area (Å²) in [5.74, 6) is 0.826. The second kappa shape index (κ2) is 2.23. The van der Waals surface area contributed by atoms with Gasteiger partial charge < -0.3 is 11.1 Å². The zero-order valence-corrected chi connectivity index (χ0v) is 6.59. The van der Waals surface area contributed by atoms with Gasteiger partial charge >= 0.3 is 0 Å². The Morgan fingerprint density at radius 2 is 2.45 bits per heavy atom. The van der Waals surface area contributed by atoms with Gasteiger partial charge in [-0.25, -0.2) is 4.68 Å². The Balaban J connectivity index is 2.49. The highest BCUT2D eigenvalue weighted by molar-refractivity contribution is 5.45. The van der Waals surface area contributed by atoms with Crippen molar-refractivity contribution in [1.82, 2.24) is 15.1 Å². The minimum Gasteiger partial charge on any atom is -0.384 e. The van der Waals surface area contributed by atoms with Crippen molar-refractivity contribution in [3.05, 3.63) is 11.3 Å². The second-order valence-electron chi connectivity index (χ2n) is 2.73. The van der Waals surface area contributed by atoms with Crippen LogP contribution in [0.2, 0.25) is 0 Å². The second-order valence-corrected chi connectivity index (χ2v) is 2.73. The van der Waals surface area contributed by atoms with Crippen LogP contribution in [-0.2, 0) is 19.6 Å². The molecule has 0 amide bonds. The zero-order valence-electron chi connectivity index (χ0n) is 6.59. The van der Waals surface area contributed by atoms with Gasteiger partial charge in [0, 0.05) is 25.2 Å². The SMILES string of the molecule is CCn1nc2c(c1N)CNC2. The van der Waals surface area contributed by atoms with Crippen LogP contribution in [0.5, 0.6) is 0 Å². The van der Waals surface area contributed by atoms with E-state index in [1.54, 1.807) is 0 Å². The summed E-state index contributed by atoms with van der Waals surface area (Å²) in [6.07, 6.45) is 0. The fourth-order valence-corrected chi connectivity index (χ4v) is 1.45. The molecule has 1 aliphatic heterocycles. The summed E-state index contributed by atoms with van der Waals surface area (Å²) in [7, 11) is 0. The number of anilines is 1. The first-order valence-corrected chi connectivity index (χ1v) is 3.87. The highest BCUT2D eigenvalue weighted by atomic mass is 15.3. The highest BCUT2D eigenvalue weighted by Crippen LogP contribution is 2.20. The minimum atomic E-state index is 0.826. The lowest BCUT2D eigenvalue weighted by Crippen LogP contribution is -2.09. The van der Waals surface area contributed by atoms with Crippen molar-refractivity contribution in [3.63, 3.8) is 0 Å². The Morgan fingerprint density at radius 3 is 3.09 bits per heavy atom. The fraction of sp³-hybridized carbons (Fsp3) is 0.571. The summed E-state index contributed by atoms with van der Waals surface area (Å²) in [5.41, 5.74) is 8.13. The van der Waals surface area contributed by atoms with E-state index >= 15 is 0 Å². The van der Waals surface area contributed by atoms with Crippen molar-refractivity contribution in [1.29, 1.82) is 0 Å². The number of nitrogens with one attached hydrogen (secondary N) is 1. The van der Waals surface area contributed by atoms with Crippen molar-refractivity contribution in [2.75, 3.05) is 5.73 Å². The molecule has 11 heavy (non-hydrogen) atoms. The molecule has 0 aliphatic carbocycles. The molecule has 0 fully saturated rings. The number of aromatic nitrogens is 2. The van der Waals surface area contributed by atoms with E-state index in [9.17, 15) is 0 Å². The molecule has 0 spiro atoms. The number of nitrogens with zero attached hydrogens (tertiary/aromatic N) is 2. The first-order chi connectivity index (χ1) is 5.33. The van der Waals surface area contributed by atoms with Gasteiger partial charge in [0.25, 0.3) is 0 Å². The Labute approximate surface area is 65.4 Å². The molecular weight excluding hydrogens is 140 g/mol. The first-order valence-electron chi connectivity index (χ1n) is 3.87. The zero-order chi connectivity index (χ0) is 7.84. The third kappa shape index (κ3) is 0.826. The summed E-state index contributed by atoms with van der Waals surface area (Å²) < 4.78 is 1.85. The van der Waals surface area contributed by atoms with E-state index in [0.29, 0.717) is 0 Å². The van der Waals surface area contributed by atoms with Crippen molar-refractivity contribution in [2.24, 2.45) is 0 Å². The van der Waals surface area contributed by atoms with Gasteiger partial charge in [-0.2, -0.15) is 5.10 Å². The lowest BCUT2D eigenvalue weighted by atomic mass is 10.3. The molecular formula is C7H12N4. The van der Waals surface area contributed by atoms with Crippen LogP contribution in [0.25, 0.3) is 0 Å². The predicted octanol–water partition coefficient (Wildman–Crippen LogP) is 0.0884. The molecule has 3 N–H and O–H groups in total. The minimum absolute atomic E-state index is 0.826. The predicted molar refractivity (Wildman–Crippen MR) is 42.9 cm³/mol. The molecule has 2 heterocycles. The molecule has 1 aliphatic rings. The third-order valence-corrected chi connectivity index (χ3v) is 2.07. The average Bonchev–Trinajstić information content (AvgIpc) is 2.53. The molecule has 0 saturated carbocycles. The van der Waals surface area contributed by atoms with Crippen LogP contribution in [0.15, 0.2) is 0 Å². The molecule has 4 nitrogen and oxygen atoms in total. The molecule has 0 aromatic carbocycles. The monoisotopic (exact) mass is 152 g/mol. The number of nitrogen functional groups attached to an aromatic ring is 1. The van der Waals surface area contributed by atoms with Gasteiger partial charge in [0.2, 0.25) is 0 Å². The van der Waals surface area contributed by atoms with E-state index in [1.165, 1.54) is 5.56 Å². The van der Waals surface area contributed by atoms with Gasteiger partial charge in [0.05, 0.1) is 5.69 Å². The van der Waals surface area contributed by atoms with E-state index in [-0.39, 0.29) is 0 Å². The maximum absolute atomic E-state index is 5.83. The lowest BCUT2D eigenvalue weighted by molar-refractivity contribution is 0.635. The molecule has 4 heteroatoms. The summed E-state index contributed by atoms with van der Waals surface area (Å²) >= 11 is 0. The largest absolute Gasteiger partial charge is 0.384 e. The van der Waals surface area contributed by atoms with Crippen LogP contribution in [0.4, 0.5) is 5.82 Å². The normalized spacial score (nSPS) is 15.4.